The molecule has 1 aromatic carbocycles. The first-order valence-electron chi connectivity index (χ1n) is 5.90. The van der Waals surface area contributed by atoms with Gasteiger partial charge in [-0.05, 0) is 40.2 Å². The van der Waals surface area contributed by atoms with E-state index in [2.05, 4.69) is 31.5 Å². The molecule has 2 rings (SSSR count). The lowest BCUT2D eigenvalue weighted by atomic mass is 10.2. The smallest absolute Gasteiger partial charge is 0.251 e. The fourth-order valence-electron chi connectivity index (χ4n) is 1.51. The monoisotopic (exact) mass is 333 g/mol. The summed E-state index contributed by atoms with van der Waals surface area (Å²) in [5.41, 5.74) is 1.10. The highest BCUT2D eigenvalue weighted by atomic mass is 79.9. The predicted octanol–water partition coefficient (Wildman–Crippen LogP) is 2.21. The van der Waals surface area contributed by atoms with Gasteiger partial charge in [0.05, 0.1) is 18.4 Å². The molecule has 0 unspecified atom stereocenters. The molecule has 102 valence electrons. The Hall–Kier alpha value is -2.21. The molecular weight excluding hydrogens is 322 g/mol. The van der Waals surface area contributed by atoms with Gasteiger partial charge in [-0.2, -0.15) is 0 Å². The Morgan fingerprint density at radius 3 is 2.50 bits per heavy atom. The van der Waals surface area contributed by atoms with Crippen LogP contribution in [0.5, 0.6) is 0 Å². The van der Waals surface area contributed by atoms with Crippen molar-refractivity contribution >= 4 is 33.4 Å². The first-order chi connectivity index (χ1) is 9.65. The summed E-state index contributed by atoms with van der Waals surface area (Å²) in [6, 6.07) is 12.2. The molecule has 2 aromatic rings. The van der Waals surface area contributed by atoms with E-state index in [1.54, 1.807) is 36.4 Å². The van der Waals surface area contributed by atoms with E-state index in [1.165, 1.54) is 6.20 Å². The minimum absolute atomic E-state index is 0.0935. The summed E-state index contributed by atoms with van der Waals surface area (Å²) in [6.07, 6.45) is 1.53. The summed E-state index contributed by atoms with van der Waals surface area (Å²) >= 11 is 3.21. The number of anilines is 1. The second-order valence-electron chi connectivity index (χ2n) is 3.97. The van der Waals surface area contributed by atoms with Gasteiger partial charge >= 0.3 is 0 Å². The van der Waals surface area contributed by atoms with Crippen molar-refractivity contribution in [3.05, 3.63) is 58.8 Å². The number of benzene rings is 1. The first-order valence-corrected chi connectivity index (χ1v) is 6.69. The van der Waals surface area contributed by atoms with Crippen molar-refractivity contribution in [2.45, 2.75) is 0 Å². The van der Waals surface area contributed by atoms with Crippen LogP contribution in [0.4, 0.5) is 5.69 Å². The summed E-state index contributed by atoms with van der Waals surface area (Å²) in [6.45, 7) is -0.0935. The molecule has 0 bridgehead atoms. The number of pyridine rings is 1. The van der Waals surface area contributed by atoms with Crippen molar-refractivity contribution in [3.8, 4) is 0 Å². The van der Waals surface area contributed by atoms with Crippen LogP contribution >= 0.6 is 15.9 Å². The maximum absolute atomic E-state index is 11.7. The molecule has 2 amide bonds. The quantitative estimate of drug-likeness (QED) is 0.842. The zero-order valence-electron chi connectivity index (χ0n) is 10.5. The molecule has 1 heterocycles. The number of nitrogens with one attached hydrogen (secondary N) is 2. The van der Waals surface area contributed by atoms with Crippen molar-refractivity contribution in [1.82, 2.24) is 10.3 Å². The Morgan fingerprint density at radius 1 is 1.10 bits per heavy atom. The average Bonchev–Trinajstić information content (AvgIpc) is 2.48. The summed E-state index contributed by atoms with van der Waals surface area (Å²) in [7, 11) is 0. The van der Waals surface area contributed by atoms with Gasteiger partial charge in [-0.1, -0.05) is 18.2 Å². The highest BCUT2D eigenvalue weighted by molar-refractivity contribution is 9.10. The van der Waals surface area contributed by atoms with Gasteiger partial charge in [0.15, 0.2) is 0 Å². The van der Waals surface area contributed by atoms with Gasteiger partial charge in [0, 0.05) is 5.56 Å². The van der Waals surface area contributed by atoms with Gasteiger partial charge in [-0.3, -0.25) is 9.59 Å². The lowest BCUT2D eigenvalue weighted by Gasteiger charge is -2.06. The van der Waals surface area contributed by atoms with Crippen LogP contribution in [0.15, 0.2) is 53.3 Å². The summed E-state index contributed by atoms with van der Waals surface area (Å²) in [5, 5.41) is 5.19. The Morgan fingerprint density at radius 2 is 1.85 bits per heavy atom. The minimum Gasteiger partial charge on any atom is -0.343 e. The van der Waals surface area contributed by atoms with Crippen molar-refractivity contribution in [2.24, 2.45) is 0 Å². The second-order valence-corrected chi connectivity index (χ2v) is 4.78. The van der Waals surface area contributed by atoms with Gasteiger partial charge < -0.3 is 10.6 Å². The Bertz CT molecular complexity index is 600. The normalized spacial score (nSPS) is 9.85. The van der Waals surface area contributed by atoms with Crippen LogP contribution in [0.3, 0.4) is 0 Å². The Kier molecular flexibility index (Phi) is 4.84. The summed E-state index contributed by atoms with van der Waals surface area (Å²) in [5.74, 6) is -0.590. The molecule has 20 heavy (non-hydrogen) atoms. The minimum atomic E-state index is -0.307. The van der Waals surface area contributed by atoms with E-state index in [9.17, 15) is 9.59 Å². The van der Waals surface area contributed by atoms with E-state index >= 15 is 0 Å². The van der Waals surface area contributed by atoms with Crippen LogP contribution in [0.2, 0.25) is 0 Å². The molecule has 0 saturated carbocycles. The van der Waals surface area contributed by atoms with Crippen LogP contribution in [-0.4, -0.2) is 23.3 Å². The number of carbonyl (C=O) groups is 2. The largest absolute Gasteiger partial charge is 0.343 e. The molecule has 6 heteroatoms. The van der Waals surface area contributed by atoms with E-state index in [-0.39, 0.29) is 18.4 Å². The molecule has 0 spiro atoms. The number of carbonyl (C=O) groups excluding carboxylic acids is 2. The number of nitrogens with zero attached hydrogens (tertiary/aromatic N) is 1. The highest BCUT2D eigenvalue weighted by Crippen LogP contribution is 2.09. The van der Waals surface area contributed by atoms with Gasteiger partial charge in [0.1, 0.15) is 4.60 Å². The molecule has 0 aliphatic rings. The van der Waals surface area contributed by atoms with E-state index in [4.69, 9.17) is 0 Å². The third kappa shape index (κ3) is 4.17. The van der Waals surface area contributed by atoms with E-state index < -0.39 is 0 Å². The van der Waals surface area contributed by atoms with E-state index in [0.717, 1.165) is 0 Å². The lowest BCUT2D eigenvalue weighted by molar-refractivity contribution is -0.115. The first kappa shape index (κ1) is 14.2. The predicted molar refractivity (Wildman–Crippen MR) is 79.3 cm³/mol. The number of rotatable bonds is 4. The summed E-state index contributed by atoms with van der Waals surface area (Å²) in [4.78, 5) is 27.4. The van der Waals surface area contributed by atoms with Crippen LogP contribution < -0.4 is 10.6 Å². The fourth-order valence-corrected chi connectivity index (χ4v) is 1.74. The Labute approximate surface area is 124 Å². The molecule has 5 nitrogen and oxygen atoms in total. The molecule has 0 fully saturated rings. The zero-order valence-corrected chi connectivity index (χ0v) is 12.1. The molecule has 2 N–H and O–H groups in total. The number of halogens is 1. The van der Waals surface area contributed by atoms with Crippen LogP contribution in [0.25, 0.3) is 0 Å². The molecular formula is C14H12BrN3O2. The molecule has 0 radical (unpaired) electrons. The van der Waals surface area contributed by atoms with Crippen LogP contribution in [-0.2, 0) is 4.79 Å². The SMILES string of the molecule is O=C(CNC(=O)c1ccccc1)Nc1ccc(Br)nc1. The number of aromatic nitrogens is 1. The number of hydrogen-bond donors (Lipinski definition) is 2. The van der Waals surface area contributed by atoms with Gasteiger partial charge in [-0.25, -0.2) is 4.98 Å². The van der Waals surface area contributed by atoms with Gasteiger partial charge in [-0.15, -0.1) is 0 Å². The fraction of sp³-hybridized carbons (Fsp3) is 0.0714. The van der Waals surface area contributed by atoms with E-state index in [0.29, 0.717) is 15.9 Å². The van der Waals surface area contributed by atoms with Gasteiger partial charge in [0.2, 0.25) is 5.91 Å². The molecule has 0 aliphatic heterocycles. The molecule has 0 saturated heterocycles. The maximum Gasteiger partial charge on any atom is 0.251 e. The average molecular weight is 334 g/mol. The number of hydrogen-bond acceptors (Lipinski definition) is 3. The van der Waals surface area contributed by atoms with Crippen molar-refractivity contribution in [2.75, 3.05) is 11.9 Å². The highest BCUT2D eigenvalue weighted by Gasteiger charge is 2.07. The summed E-state index contributed by atoms with van der Waals surface area (Å²) < 4.78 is 0.688. The standard InChI is InChI=1S/C14H12BrN3O2/c15-12-7-6-11(8-16-12)18-13(19)9-17-14(20)10-4-2-1-3-5-10/h1-8H,9H2,(H,17,20)(H,18,19). The maximum atomic E-state index is 11.7. The van der Waals surface area contributed by atoms with Crippen LogP contribution in [0, 0.1) is 0 Å². The molecule has 1 aromatic heterocycles. The lowest BCUT2D eigenvalue weighted by Crippen LogP contribution is -2.32. The van der Waals surface area contributed by atoms with Crippen molar-refractivity contribution < 1.29 is 9.59 Å². The molecule has 0 aliphatic carbocycles. The molecule has 0 atom stereocenters. The Balaban J connectivity index is 1.83. The van der Waals surface area contributed by atoms with Crippen LogP contribution in [0.1, 0.15) is 10.4 Å². The number of amides is 2. The zero-order chi connectivity index (χ0) is 14.4. The topological polar surface area (TPSA) is 71.1 Å². The third-order valence-electron chi connectivity index (χ3n) is 2.46. The van der Waals surface area contributed by atoms with Gasteiger partial charge in [0.25, 0.3) is 5.91 Å². The third-order valence-corrected chi connectivity index (χ3v) is 2.93. The van der Waals surface area contributed by atoms with E-state index in [1.807, 2.05) is 6.07 Å². The van der Waals surface area contributed by atoms with Crippen molar-refractivity contribution in [1.29, 1.82) is 0 Å². The second kappa shape index (κ2) is 6.81. The van der Waals surface area contributed by atoms with Crippen molar-refractivity contribution in [3.63, 3.8) is 0 Å².